The third kappa shape index (κ3) is 5.45. The highest BCUT2D eigenvalue weighted by Crippen LogP contribution is 2.31. The number of anilines is 4. The molecule has 34 heavy (non-hydrogen) atoms. The second-order valence-corrected chi connectivity index (χ2v) is 9.33. The van der Waals surface area contributed by atoms with Gasteiger partial charge in [0.25, 0.3) is 5.91 Å². The second-order valence-electron chi connectivity index (χ2n) is 7.89. The zero-order valence-corrected chi connectivity index (χ0v) is 20.5. The first-order chi connectivity index (χ1) is 16.4. The second kappa shape index (κ2) is 10.6. The molecular weight excluding hydrogens is 478 g/mol. The van der Waals surface area contributed by atoms with E-state index in [2.05, 4.69) is 30.1 Å². The van der Waals surface area contributed by atoms with Crippen molar-refractivity contribution in [3.63, 3.8) is 0 Å². The molecule has 0 saturated carbocycles. The van der Waals surface area contributed by atoms with Crippen LogP contribution >= 0.6 is 22.9 Å². The van der Waals surface area contributed by atoms with E-state index in [0.29, 0.717) is 33.9 Å². The van der Waals surface area contributed by atoms with Crippen LogP contribution in [-0.2, 0) is 0 Å². The first kappa shape index (κ1) is 24.3. The number of nitrogens with zero attached hydrogens (tertiary/aromatic N) is 6. The quantitative estimate of drug-likeness (QED) is 0.330. The summed E-state index contributed by atoms with van der Waals surface area (Å²) in [5, 5.41) is 24.0. The van der Waals surface area contributed by atoms with Gasteiger partial charge >= 0.3 is 0 Å². The van der Waals surface area contributed by atoms with Gasteiger partial charge in [-0.1, -0.05) is 35.1 Å². The van der Waals surface area contributed by atoms with E-state index in [4.69, 9.17) is 16.7 Å². The van der Waals surface area contributed by atoms with E-state index in [0.717, 1.165) is 43.3 Å². The number of aromatic nitrogens is 3. The smallest absolute Gasteiger partial charge is 0.293 e. The monoisotopic (exact) mass is 503 g/mol. The number of amides is 1. The molecule has 180 valence electrons. The maximum absolute atomic E-state index is 12.8. The Bertz CT molecular complexity index is 1150. The number of hydrogen-bond donors (Lipinski definition) is 3. The number of para-hydroxylation sites is 1. The van der Waals surface area contributed by atoms with Gasteiger partial charge in [0.1, 0.15) is 22.3 Å². The number of hydroxylamine groups is 1. The molecule has 1 saturated heterocycles. The number of aliphatic hydroxyl groups excluding tert-OH is 1. The van der Waals surface area contributed by atoms with Crippen LogP contribution in [0.5, 0.6) is 0 Å². The number of carbonyl (C=O) groups excluding carboxylic acids is 1. The Morgan fingerprint density at radius 3 is 2.71 bits per heavy atom. The van der Waals surface area contributed by atoms with Gasteiger partial charge in [-0.25, -0.2) is 15.0 Å². The molecule has 0 unspecified atom stereocenters. The number of hydrogen-bond acceptors (Lipinski definition) is 10. The van der Waals surface area contributed by atoms with E-state index < -0.39 is 5.91 Å². The first-order valence-corrected chi connectivity index (χ1v) is 12.0. The molecule has 0 aliphatic carbocycles. The molecule has 2 aromatic heterocycles. The van der Waals surface area contributed by atoms with Gasteiger partial charge in [0, 0.05) is 38.8 Å². The minimum atomic E-state index is -0.623. The fraction of sp³-hybridized carbons (Fsp3) is 0.364. The Balaban J connectivity index is 1.46. The standard InChI is InChI=1S/C22H26ClN7O3S/c1-14-4-3-5-16(23)20(14)30(33)21(32)17-13-24-22(34-17)27-18-12-19(26-15(2)25-18)29-8-6-28(7-9-29)10-11-31/h3-5,12-13,31,33H,6-11H2,1-2H3,(H,24,25,26,27). The van der Waals surface area contributed by atoms with Crippen LogP contribution in [0.25, 0.3) is 0 Å². The van der Waals surface area contributed by atoms with Crippen molar-refractivity contribution in [3.8, 4) is 0 Å². The maximum atomic E-state index is 12.8. The SMILES string of the molecule is Cc1nc(Nc2ncc(C(=O)N(O)c3c(C)cccc3Cl)s2)cc(N2CCN(CCO)CC2)n1. The number of aliphatic hydroxyl groups is 1. The summed E-state index contributed by atoms with van der Waals surface area (Å²) in [6.07, 6.45) is 1.40. The van der Waals surface area contributed by atoms with Crippen molar-refractivity contribution >= 4 is 51.3 Å². The van der Waals surface area contributed by atoms with E-state index in [1.807, 2.05) is 13.0 Å². The number of carbonyl (C=O) groups is 1. The zero-order chi connectivity index (χ0) is 24.2. The molecule has 0 radical (unpaired) electrons. The van der Waals surface area contributed by atoms with E-state index in [9.17, 15) is 10.0 Å². The van der Waals surface area contributed by atoms with Crippen LogP contribution in [0.3, 0.4) is 0 Å². The molecule has 1 aliphatic rings. The van der Waals surface area contributed by atoms with Gasteiger partial charge in [0.05, 0.1) is 23.5 Å². The number of β-amino-alcohol motifs (C(OH)–C–C–N with tert-alkyl or cyclic N) is 1. The maximum Gasteiger partial charge on any atom is 0.293 e. The highest BCUT2D eigenvalue weighted by molar-refractivity contribution is 7.17. The van der Waals surface area contributed by atoms with Gasteiger partial charge in [-0.15, -0.1) is 0 Å². The lowest BCUT2D eigenvalue weighted by atomic mass is 10.2. The number of aryl methyl sites for hydroxylation is 2. The number of rotatable bonds is 7. The summed E-state index contributed by atoms with van der Waals surface area (Å²) in [6.45, 7) is 7.74. The summed E-state index contributed by atoms with van der Waals surface area (Å²) >= 11 is 7.28. The summed E-state index contributed by atoms with van der Waals surface area (Å²) in [7, 11) is 0. The van der Waals surface area contributed by atoms with E-state index in [-0.39, 0.29) is 22.2 Å². The number of thiazole rings is 1. The van der Waals surface area contributed by atoms with Crippen LogP contribution in [0.15, 0.2) is 30.5 Å². The lowest BCUT2D eigenvalue weighted by Crippen LogP contribution is -2.47. The predicted molar refractivity (Wildman–Crippen MR) is 133 cm³/mol. The molecule has 0 spiro atoms. The minimum absolute atomic E-state index is 0.158. The van der Waals surface area contributed by atoms with Gasteiger partial charge < -0.3 is 15.3 Å². The van der Waals surface area contributed by atoms with Gasteiger partial charge in [-0.2, -0.15) is 5.06 Å². The normalized spacial score (nSPS) is 14.3. The number of nitrogens with one attached hydrogen (secondary N) is 1. The number of halogens is 1. The zero-order valence-electron chi connectivity index (χ0n) is 18.9. The van der Waals surface area contributed by atoms with Gasteiger partial charge in [0.2, 0.25) is 0 Å². The van der Waals surface area contributed by atoms with Crippen LogP contribution < -0.4 is 15.3 Å². The van der Waals surface area contributed by atoms with Crippen LogP contribution in [-0.4, -0.2) is 75.4 Å². The fourth-order valence-corrected chi connectivity index (χ4v) is 4.81. The van der Waals surface area contributed by atoms with Crippen LogP contribution in [0.4, 0.5) is 22.5 Å². The molecule has 3 N–H and O–H groups in total. The molecule has 1 fully saturated rings. The molecule has 0 bridgehead atoms. The predicted octanol–water partition coefficient (Wildman–Crippen LogP) is 3.10. The van der Waals surface area contributed by atoms with Gasteiger partial charge in [-0.3, -0.25) is 14.9 Å². The minimum Gasteiger partial charge on any atom is -0.395 e. The summed E-state index contributed by atoms with van der Waals surface area (Å²) in [4.78, 5) is 30.7. The third-order valence-electron chi connectivity index (χ3n) is 5.48. The highest BCUT2D eigenvalue weighted by atomic mass is 35.5. The summed E-state index contributed by atoms with van der Waals surface area (Å²) in [5.41, 5.74) is 0.916. The van der Waals surface area contributed by atoms with Crippen LogP contribution in [0.2, 0.25) is 5.02 Å². The van der Waals surface area contributed by atoms with Crippen molar-refractivity contribution in [2.75, 3.05) is 54.6 Å². The largest absolute Gasteiger partial charge is 0.395 e. The Morgan fingerprint density at radius 2 is 2.00 bits per heavy atom. The third-order valence-corrected chi connectivity index (χ3v) is 6.69. The van der Waals surface area contributed by atoms with Crippen molar-refractivity contribution in [1.29, 1.82) is 0 Å². The van der Waals surface area contributed by atoms with Gasteiger partial charge in [0.15, 0.2) is 5.13 Å². The van der Waals surface area contributed by atoms with Crippen molar-refractivity contribution in [2.24, 2.45) is 0 Å². The van der Waals surface area contributed by atoms with Crippen LogP contribution in [0, 0.1) is 13.8 Å². The molecule has 10 nitrogen and oxygen atoms in total. The van der Waals surface area contributed by atoms with E-state index in [1.165, 1.54) is 6.20 Å². The lowest BCUT2D eigenvalue weighted by molar-refractivity contribution is 0.0858. The molecule has 1 amide bonds. The van der Waals surface area contributed by atoms with Crippen molar-refractivity contribution in [2.45, 2.75) is 13.8 Å². The summed E-state index contributed by atoms with van der Waals surface area (Å²) in [6, 6.07) is 6.98. The Morgan fingerprint density at radius 1 is 1.24 bits per heavy atom. The summed E-state index contributed by atoms with van der Waals surface area (Å²) in [5.74, 6) is 1.36. The Hall–Kier alpha value is -2.83. The highest BCUT2D eigenvalue weighted by Gasteiger charge is 2.23. The lowest BCUT2D eigenvalue weighted by Gasteiger charge is -2.35. The van der Waals surface area contributed by atoms with E-state index >= 15 is 0 Å². The Labute approximate surface area is 206 Å². The molecular formula is C22H26ClN7O3S. The average Bonchev–Trinajstić information content (AvgIpc) is 3.27. The fourth-order valence-electron chi connectivity index (χ4n) is 3.76. The molecule has 4 rings (SSSR count). The van der Waals surface area contributed by atoms with Gasteiger partial charge in [-0.05, 0) is 25.5 Å². The first-order valence-electron chi connectivity index (χ1n) is 10.8. The molecule has 0 atom stereocenters. The molecule has 1 aromatic carbocycles. The summed E-state index contributed by atoms with van der Waals surface area (Å²) < 4.78 is 0. The topological polar surface area (TPSA) is 118 Å². The Kier molecular flexibility index (Phi) is 7.59. The van der Waals surface area contributed by atoms with Crippen LogP contribution in [0.1, 0.15) is 21.1 Å². The number of benzene rings is 1. The van der Waals surface area contributed by atoms with Crippen molar-refractivity contribution in [3.05, 3.63) is 51.7 Å². The molecule has 3 heterocycles. The molecule has 12 heteroatoms. The molecule has 3 aromatic rings. The average molecular weight is 504 g/mol. The molecule has 1 aliphatic heterocycles. The van der Waals surface area contributed by atoms with Crippen molar-refractivity contribution in [1.82, 2.24) is 19.9 Å². The van der Waals surface area contributed by atoms with E-state index in [1.54, 1.807) is 25.1 Å². The number of piperazine rings is 1. The van der Waals surface area contributed by atoms with Crippen molar-refractivity contribution < 1.29 is 15.1 Å².